The van der Waals surface area contributed by atoms with Gasteiger partial charge >= 0.3 is 6.18 Å². The van der Waals surface area contributed by atoms with E-state index in [4.69, 9.17) is 11.6 Å². The second kappa shape index (κ2) is 6.56. The van der Waals surface area contributed by atoms with Crippen molar-refractivity contribution in [3.05, 3.63) is 69.6 Å². The van der Waals surface area contributed by atoms with Crippen LogP contribution in [0.3, 0.4) is 0 Å². The van der Waals surface area contributed by atoms with Crippen molar-refractivity contribution in [3.8, 4) is 0 Å². The first-order valence-electron chi connectivity index (χ1n) is 7.00. The number of nitrogens with zero attached hydrogens (tertiary/aromatic N) is 2. The number of rotatable bonds is 3. The van der Waals surface area contributed by atoms with E-state index in [1.165, 1.54) is 30.3 Å². The minimum atomic E-state index is -4.84. The second-order valence-electron chi connectivity index (χ2n) is 5.00. The maximum absolute atomic E-state index is 13.4. The minimum Gasteiger partial charge on any atom is -0.301 e. The van der Waals surface area contributed by atoms with Crippen LogP contribution < -0.4 is 16.4 Å². The van der Waals surface area contributed by atoms with E-state index in [1.54, 1.807) is 18.2 Å². The molecule has 0 spiro atoms. The smallest absolute Gasteiger partial charge is 0.301 e. The number of alkyl halides is 3. The molecule has 5 nitrogen and oxygen atoms in total. The summed E-state index contributed by atoms with van der Waals surface area (Å²) in [6, 6.07) is 12.0. The third kappa shape index (κ3) is 3.80. The van der Waals surface area contributed by atoms with Crippen LogP contribution in [0.2, 0.25) is 5.02 Å². The van der Waals surface area contributed by atoms with Gasteiger partial charge in [-0.1, -0.05) is 23.7 Å². The number of hydrogen-bond donors (Lipinski definition) is 2. The summed E-state index contributed by atoms with van der Waals surface area (Å²) in [5.74, 6) is 0. The number of anilines is 2. The Morgan fingerprint density at radius 2 is 1.48 bits per heavy atom. The summed E-state index contributed by atoms with van der Waals surface area (Å²) in [6.45, 7) is 0. The quantitative estimate of drug-likeness (QED) is 0.683. The first-order valence-corrected chi connectivity index (χ1v) is 7.38. The Morgan fingerprint density at radius 3 is 2.08 bits per heavy atom. The predicted molar refractivity (Wildman–Crippen MR) is 89.5 cm³/mol. The number of para-hydroxylation sites is 2. The van der Waals surface area contributed by atoms with Crippen molar-refractivity contribution in [2.24, 2.45) is 0 Å². The fraction of sp³-hybridized carbons (Fsp3) is 0.0625. The molecular weight excluding hydrogens is 357 g/mol. The van der Waals surface area contributed by atoms with Gasteiger partial charge in [0.1, 0.15) is 0 Å². The van der Waals surface area contributed by atoms with Crippen LogP contribution in [0.15, 0.2) is 53.3 Å². The molecule has 1 heterocycles. The fourth-order valence-corrected chi connectivity index (χ4v) is 2.21. The lowest BCUT2D eigenvalue weighted by Crippen LogP contribution is -2.22. The second-order valence-corrected chi connectivity index (χ2v) is 5.43. The van der Waals surface area contributed by atoms with E-state index in [-0.39, 0.29) is 11.0 Å². The zero-order valence-corrected chi connectivity index (χ0v) is 13.2. The van der Waals surface area contributed by atoms with Gasteiger partial charge in [-0.3, -0.25) is 10.2 Å². The maximum Gasteiger partial charge on any atom is 0.435 e. The Bertz CT molecular complexity index is 977. The molecule has 3 rings (SSSR count). The molecule has 2 aromatic carbocycles. The standard InChI is InChI=1S/C16H10ClF3N4O/c17-9-5-7-10(8-6-9)23-24-13-14(16(18,19)20)21-11-3-1-2-4-12(11)22-15(13)25/h1-8,23H,(H,22,24,25). The Hall–Kier alpha value is -2.87. The zero-order valence-electron chi connectivity index (χ0n) is 12.4. The molecular formula is C16H10ClF3N4O. The summed E-state index contributed by atoms with van der Waals surface area (Å²) < 4.78 is 40.2. The van der Waals surface area contributed by atoms with Crippen molar-refractivity contribution >= 4 is 34.0 Å². The topological polar surface area (TPSA) is 66.9 Å². The molecule has 0 unspecified atom stereocenters. The summed E-state index contributed by atoms with van der Waals surface area (Å²) in [7, 11) is 0. The number of benzene rings is 2. The molecule has 128 valence electrons. The molecule has 0 bridgehead atoms. The van der Waals surface area contributed by atoms with Gasteiger partial charge in [0.25, 0.3) is 5.56 Å². The summed E-state index contributed by atoms with van der Waals surface area (Å²) in [5.41, 5.74) is 2.00. The molecule has 9 heteroatoms. The lowest BCUT2D eigenvalue weighted by atomic mass is 10.3. The van der Waals surface area contributed by atoms with E-state index >= 15 is 0 Å². The predicted octanol–water partition coefficient (Wildman–Crippen LogP) is 4.10. The van der Waals surface area contributed by atoms with E-state index in [9.17, 15) is 18.0 Å². The lowest BCUT2D eigenvalue weighted by molar-refractivity contribution is -0.140. The highest BCUT2D eigenvalue weighted by Crippen LogP contribution is 2.31. The van der Waals surface area contributed by atoms with Gasteiger partial charge in [-0.05, 0) is 36.4 Å². The van der Waals surface area contributed by atoms with Gasteiger partial charge in [-0.25, -0.2) is 9.97 Å². The number of hydrogen-bond acceptors (Lipinski definition) is 5. The van der Waals surface area contributed by atoms with Crippen molar-refractivity contribution < 1.29 is 13.2 Å². The van der Waals surface area contributed by atoms with Crippen LogP contribution in [-0.4, -0.2) is 9.97 Å². The van der Waals surface area contributed by atoms with Gasteiger partial charge < -0.3 is 5.43 Å². The Kier molecular flexibility index (Phi) is 4.45. The van der Waals surface area contributed by atoms with Crippen molar-refractivity contribution in [2.75, 3.05) is 10.9 Å². The number of nitrogens with one attached hydrogen (secondary N) is 2. The van der Waals surface area contributed by atoms with Gasteiger partial charge in [0.2, 0.25) is 0 Å². The molecule has 25 heavy (non-hydrogen) atoms. The van der Waals surface area contributed by atoms with Crippen molar-refractivity contribution in [2.45, 2.75) is 6.18 Å². The Labute approximate surface area is 144 Å². The van der Waals surface area contributed by atoms with E-state index in [0.717, 1.165) is 0 Å². The van der Waals surface area contributed by atoms with Gasteiger partial charge in [0.15, 0.2) is 11.4 Å². The monoisotopic (exact) mass is 366 g/mol. The molecule has 0 atom stereocenters. The third-order valence-corrected chi connectivity index (χ3v) is 3.48. The maximum atomic E-state index is 13.4. The third-order valence-electron chi connectivity index (χ3n) is 3.23. The molecule has 1 aromatic heterocycles. The van der Waals surface area contributed by atoms with Crippen LogP contribution in [0.5, 0.6) is 0 Å². The van der Waals surface area contributed by atoms with Crippen molar-refractivity contribution in [3.63, 3.8) is 0 Å². The Balaban J connectivity index is 2.10. The SMILES string of the molecule is O=c1nc2ccccc2nc(C(F)(F)F)c1NNc1ccc(Cl)cc1. The van der Waals surface area contributed by atoms with Crippen molar-refractivity contribution in [1.82, 2.24) is 9.97 Å². The average Bonchev–Trinajstić information content (AvgIpc) is 2.70. The molecule has 0 saturated heterocycles. The van der Waals surface area contributed by atoms with E-state index < -0.39 is 23.1 Å². The van der Waals surface area contributed by atoms with Crippen LogP contribution in [-0.2, 0) is 6.18 Å². The molecule has 0 saturated carbocycles. The van der Waals surface area contributed by atoms with Crippen LogP contribution in [0.1, 0.15) is 5.69 Å². The molecule has 0 amide bonds. The first kappa shape index (κ1) is 17.0. The van der Waals surface area contributed by atoms with Crippen LogP contribution in [0.25, 0.3) is 11.0 Å². The summed E-state index contributed by atoms with van der Waals surface area (Å²) >= 11 is 5.75. The zero-order chi connectivity index (χ0) is 18.0. The molecule has 0 radical (unpaired) electrons. The molecule has 2 N–H and O–H groups in total. The fourth-order valence-electron chi connectivity index (χ4n) is 2.08. The number of aromatic nitrogens is 2. The molecule has 0 fully saturated rings. The highest BCUT2D eigenvalue weighted by atomic mass is 35.5. The largest absolute Gasteiger partial charge is 0.435 e. The highest BCUT2D eigenvalue weighted by Gasteiger charge is 2.37. The highest BCUT2D eigenvalue weighted by molar-refractivity contribution is 6.30. The molecule has 0 aliphatic rings. The van der Waals surface area contributed by atoms with Gasteiger partial charge in [-0.15, -0.1) is 0 Å². The van der Waals surface area contributed by atoms with Crippen LogP contribution in [0.4, 0.5) is 24.5 Å². The van der Waals surface area contributed by atoms with Gasteiger partial charge in [0.05, 0.1) is 16.7 Å². The minimum absolute atomic E-state index is 0.0357. The van der Waals surface area contributed by atoms with Gasteiger partial charge in [-0.2, -0.15) is 13.2 Å². The lowest BCUT2D eigenvalue weighted by Gasteiger charge is -2.12. The van der Waals surface area contributed by atoms with Crippen molar-refractivity contribution in [1.29, 1.82) is 0 Å². The van der Waals surface area contributed by atoms with E-state index in [0.29, 0.717) is 10.7 Å². The first-order chi connectivity index (χ1) is 11.8. The molecule has 0 aliphatic carbocycles. The molecule has 3 aromatic rings. The number of halogens is 4. The summed E-state index contributed by atoms with van der Waals surface area (Å²) in [6.07, 6.45) is -4.84. The normalized spacial score (nSPS) is 11.4. The van der Waals surface area contributed by atoms with Crippen LogP contribution >= 0.6 is 11.6 Å². The van der Waals surface area contributed by atoms with Crippen LogP contribution in [0, 0.1) is 0 Å². The summed E-state index contributed by atoms with van der Waals surface area (Å²) in [4.78, 5) is 19.5. The Morgan fingerprint density at radius 1 is 0.880 bits per heavy atom. The number of fused-ring (bicyclic) bond motifs is 1. The van der Waals surface area contributed by atoms with E-state index in [1.807, 2.05) is 0 Å². The number of hydrazine groups is 1. The summed E-state index contributed by atoms with van der Waals surface area (Å²) in [5, 5.41) is 0.465. The van der Waals surface area contributed by atoms with E-state index in [2.05, 4.69) is 20.8 Å². The molecule has 0 aliphatic heterocycles. The average molecular weight is 367 g/mol. The van der Waals surface area contributed by atoms with Gasteiger partial charge in [0, 0.05) is 5.02 Å².